The van der Waals surface area contributed by atoms with Gasteiger partial charge < -0.3 is 15.6 Å². The fraction of sp³-hybridized carbons (Fsp3) is 0.308. The molecule has 1 aliphatic rings. The fourth-order valence-corrected chi connectivity index (χ4v) is 4.65. The summed E-state index contributed by atoms with van der Waals surface area (Å²) in [6.07, 6.45) is 0.458. The van der Waals surface area contributed by atoms with E-state index in [1.165, 1.54) is 6.07 Å². The number of hydrogen-bond donors (Lipinski definition) is 2. The molecule has 0 radical (unpaired) electrons. The van der Waals surface area contributed by atoms with Gasteiger partial charge in [-0.25, -0.2) is 9.97 Å². The highest BCUT2D eigenvalue weighted by atomic mass is 19.4. The number of pyridine rings is 2. The molecule has 4 aromatic rings. The van der Waals surface area contributed by atoms with Crippen LogP contribution in [0, 0.1) is 12.8 Å². The van der Waals surface area contributed by atoms with Gasteiger partial charge in [0.1, 0.15) is 5.82 Å². The Balaban J connectivity index is 1.43. The van der Waals surface area contributed by atoms with Crippen molar-refractivity contribution >= 4 is 22.6 Å². The van der Waals surface area contributed by atoms with E-state index in [4.69, 9.17) is 5.73 Å². The van der Waals surface area contributed by atoms with Crippen LogP contribution in [0.25, 0.3) is 10.9 Å². The average Bonchev–Trinajstić information content (AvgIpc) is 3.31. The van der Waals surface area contributed by atoms with Gasteiger partial charge in [-0.15, -0.1) is 0 Å². The molecule has 0 saturated carbocycles. The zero-order valence-corrected chi connectivity index (χ0v) is 19.6. The predicted molar refractivity (Wildman–Crippen MR) is 129 cm³/mol. The number of H-pyrrole nitrogens is 1. The molecule has 1 amide bonds. The first-order valence-electron chi connectivity index (χ1n) is 11.7. The minimum atomic E-state index is -4.47. The van der Waals surface area contributed by atoms with Gasteiger partial charge in [0.05, 0.1) is 35.3 Å². The van der Waals surface area contributed by atoms with Crippen molar-refractivity contribution in [3.8, 4) is 0 Å². The van der Waals surface area contributed by atoms with Crippen molar-refractivity contribution in [2.24, 2.45) is 5.92 Å². The summed E-state index contributed by atoms with van der Waals surface area (Å²) in [4.78, 5) is 31.3. The quantitative estimate of drug-likeness (QED) is 0.419. The Morgan fingerprint density at radius 2 is 2.03 bits per heavy atom. The first kappa shape index (κ1) is 23.8. The van der Waals surface area contributed by atoms with E-state index in [1.54, 1.807) is 29.4 Å². The van der Waals surface area contributed by atoms with Crippen LogP contribution in [0.1, 0.15) is 45.0 Å². The number of halogens is 3. The van der Waals surface area contributed by atoms with E-state index < -0.39 is 11.7 Å². The lowest BCUT2D eigenvalue weighted by Crippen LogP contribution is -2.37. The summed E-state index contributed by atoms with van der Waals surface area (Å²) in [7, 11) is 0. The summed E-state index contributed by atoms with van der Waals surface area (Å²) in [6.45, 7) is 2.38. The molecular formula is C26H25F3N6O. The number of benzene rings is 1. The topological polar surface area (TPSA) is 101 Å². The molecule has 0 fully saturated rings. The number of alkyl halides is 3. The maximum Gasteiger partial charge on any atom is 0.417 e. The monoisotopic (exact) mass is 494 g/mol. The third-order valence-corrected chi connectivity index (χ3v) is 6.65. The normalized spacial score (nSPS) is 15.6. The minimum Gasteiger partial charge on any atom is -0.383 e. The van der Waals surface area contributed by atoms with Crippen LogP contribution in [0.3, 0.4) is 0 Å². The number of nitrogen functional groups attached to an aromatic ring is 1. The smallest absolute Gasteiger partial charge is 0.383 e. The molecule has 1 aliphatic carbocycles. The summed E-state index contributed by atoms with van der Waals surface area (Å²) in [6, 6.07) is 9.44. The number of imidazole rings is 1. The highest BCUT2D eigenvalue weighted by Crippen LogP contribution is 2.29. The third kappa shape index (κ3) is 4.89. The van der Waals surface area contributed by atoms with Crippen LogP contribution < -0.4 is 5.73 Å². The number of anilines is 1. The van der Waals surface area contributed by atoms with E-state index in [1.807, 2.05) is 13.0 Å². The molecule has 10 heteroatoms. The van der Waals surface area contributed by atoms with Crippen molar-refractivity contribution in [1.29, 1.82) is 0 Å². The number of aromatic amines is 1. The van der Waals surface area contributed by atoms with Gasteiger partial charge in [-0.2, -0.15) is 13.2 Å². The van der Waals surface area contributed by atoms with Gasteiger partial charge in [0, 0.05) is 29.4 Å². The van der Waals surface area contributed by atoms with Crippen LogP contribution in [0.4, 0.5) is 19.0 Å². The number of nitrogens with one attached hydrogen (secondary N) is 1. The lowest BCUT2D eigenvalue weighted by atomic mass is 9.89. The van der Waals surface area contributed by atoms with Gasteiger partial charge in [0.15, 0.2) is 0 Å². The van der Waals surface area contributed by atoms with Gasteiger partial charge in [-0.1, -0.05) is 0 Å². The van der Waals surface area contributed by atoms with Crippen LogP contribution in [-0.4, -0.2) is 37.3 Å². The molecule has 0 spiro atoms. The summed E-state index contributed by atoms with van der Waals surface area (Å²) in [5.41, 5.74) is 9.56. The van der Waals surface area contributed by atoms with Crippen LogP contribution in [0.5, 0.6) is 0 Å². The summed E-state index contributed by atoms with van der Waals surface area (Å²) in [5.74, 6) is 0.385. The van der Waals surface area contributed by atoms with Crippen LogP contribution in [0.2, 0.25) is 0 Å². The van der Waals surface area contributed by atoms with Crippen LogP contribution in [-0.2, 0) is 25.6 Å². The van der Waals surface area contributed by atoms with Crippen molar-refractivity contribution in [3.63, 3.8) is 0 Å². The van der Waals surface area contributed by atoms with Crippen molar-refractivity contribution in [1.82, 2.24) is 24.8 Å². The molecule has 0 aliphatic heterocycles. The molecule has 3 aromatic heterocycles. The second-order valence-electron chi connectivity index (χ2n) is 9.26. The summed E-state index contributed by atoms with van der Waals surface area (Å²) < 4.78 is 39.0. The first-order valence-corrected chi connectivity index (χ1v) is 11.7. The molecular weight excluding hydrogens is 469 g/mol. The number of fused-ring (bicyclic) bond motifs is 2. The Morgan fingerprint density at radius 3 is 2.78 bits per heavy atom. The molecule has 0 saturated heterocycles. The zero-order valence-electron chi connectivity index (χ0n) is 19.6. The standard InChI is InChI=1S/C26H25F3N6O/c1-15-8-18-10-17(3-7-21(18)34-24(15)30)25(36)35(12-16-2-6-22-23(9-16)33-14-32-22)13-20-5-4-19(11-31-20)26(27,28)29/h3-5,7-8,10-11,14,16H,2,6,9,12-13H2,1H3,(H2,30,34)(H,32,33)/t16-/m1/s1. The van der Waals surface area contributed by atoms with Gasteiger partial charge in [-0.05, 0) is 74.1 Å². The number of aromatic nitrogens is 4. The van der Waals surface area contributed by atoms with E-state index in [2.05, 4.69) is 19.9 Å². The molecule has 5 rings (SSSR count). The van der Waals surface area contributed by atoms with Crippen molar-refractivity contribution in [3.05, 3.63) is 82.7 Å². The molecule has 186 valence electrons. The number of hydrogen-bond acceptors (Lipinski definition) is 5. The molecule has 36 heavy (non-hydrogen) atoms. The average molecular weight is 495 g/mol. The number of rotatable bonds is 5. The SMILES string of the molecule is Cc1cc2cc(C(=O)N(Cc3ccc(C(F)(F)F)cn3)C[C@@H]3CCc4[nH]cnc4C3)ccc2nc1N. The maximum absolute atomic E-state index is 13.7. The zero-order chi connectivity index (χ0) is 25.4. The summed E-state index contributed by atoms with van der Waals surface area (Å²) >= 11 is 0. The predicted octanol–water partition coefficient (Wildman–Crippen LogP) is 4.71. The molecule has 7 nitrogen and oxygen atoms in total. The van der Waals surface area contributed by atoms with Crippen molar-refractivity contribution in [2.45, 2.75) is 38.9 Å². The highest BCUT2D eigenvalue weighted by molar-refractivity contribution is 5.98. The van der Waals surface area contributed by atoms with E-state index in [0.29, 0.717) is 29.1 Å². The molecule has 3 heterocycles. The Bertz CT molecular complexity index is 1410. The van der Waals surface area contributed by atoms with E-state index in [0.717, 1.165) is 53.9 Å². The molecule has 1 atom stereocenters. The number of aryl methyl sites for hydroxylation is 2. The fourth-order valence-electron chi connectivity index (χ4n) is 4.65. The largest absolute Gasteiger partial charge is 0.417 e. The van der Waals surface area contributed by atoms with Crippen LogP contribution >= 0.6 is 0 Å². The Hall–Kier alpha value is -3.95. The highest BCUT2D eigenvalue weighted by Gasteiger charge is 2.31. The van der Waals surface area contributed by atoms with Crippen molar-refractivity contribution < 1.29 is 18.0 Å². The van der Waals surface area contributed by atoms with E-state index >= 15 is 0 Å². The Morgan fingerprint density at radius 1 is 1.19 bits per heavy atom. The van der Waals surface area contributed by atoms with Gasteiger partial charge in [0.2, 0.25) is 0 Å². The second kappa shape index (κ2) is 9.25. The number of amides is 1. The third-order valence-electron chi connectivity index (χ3n) is 6.65. The minimum absolute atomic E-state index is 0.0952. The molecule has 0 unspecified atom stereocenters. The Labute approximate surface area is 205 Å². The Kier molecular flexibility index (Phi) is 6.11. The molecule has 0 bridgehead atoms. The van der Waals surface area contributed by atoms with Gasteiger partial charge >= 0.3 is 6.18 Å². The van der Waals surface area contributed by atoms with E-state index in [-0.39, 0.29) is 18.4 Å². The molecule has 1 aromatic carbocycles. The number of nitrogens with two attached hydrogens (primary N) is 1. The van der Waals surface area contributed by atoms with Crippen LogP contribution in [0.15, 0.2) is 48.9 Å². The number of carbonyl (C=O) groups is 1. The van der Waals surface area contributed by atoms with E-state index in [9.17, 15) is 18.0 Å². The number of carbonyl (C=O) groups excluding carboxylic acids is 1. The lowest BCUT2D eigenvalue weighted by Gasteiger charge is -2.29. The van der Waals surface area contributed by atoms with Gasteiger partial charge in [0.25, 0.3) is 5.91 Å². The second-order valence-corrected chi connectivity index (χ2v) is 9.26. The van der Waals surface area contributed by atoms with Crippen molar-refractivity contribution in [2.75, 3.05) is 12.3 Å². The lowest BCUT2D eigenvalue weighted by molar-refractivity contribution is -0.137. The van der Waals surface area contributed by atoms with Gasteiger partial charge in [-0.3, -0.25) is 9.78 Å². The number of nitrogens with zero attached hydrogens (tertiary/aromatic N) is 4. The maximum atomic E-state index is 13.7. The summed E-state index contributed by atoms with van der Waals surface area (Å²) in [5, 5.41) is 0.791. The first-order chi connectivity index (χ1) is 17.2. The molecule has 3 N–H and O–H groups in total.